The second-order valence-corrected chi connectivity index (χ2v) is 7.30. The number of aryl methyl sites for hydroxylation is 1. The van der Waals surface area contributed by atoms with Gasteiger partial charge in [-0.2, -0.15) is 5.10 Å². The van der Waals surface area contributed by atoms with Crippen LogP contribution in [-0.2, 0) is 16.4 Å². The van der Waals surface area contributed by atoms with E-state index in [1.807, 2.05) is 11.6 Å². The lowest BCUT2D eigenvalue weighted by molar-refractivity contribution is 0.493. The van der Waals surface area contributed by atoms with E-state index in [4.69, 9.17) is 0 Å². The van der Waals surface area contributed by atoms with Gasteiger partial charge in [0, 0.05) is 18.3 Å². The van der Waals surface area contributed by atoms with E-state index in [0.717, 1.165) is 25.2 Å². The molecular weight excluding hydrogens is 250 g/mol. The van der Waals surface area contributed by atoms with Gasteiger partial charge in [-0.25, -0.2) is 8.42 Å². The highest BCUT2D eigenvalue weighted by molar-refractivity contribution is 7.91. The molecule has 1 N–H and O–H groups in total. The molecule has 102 valence electrons. The van der Waals surface area contributed by atoms with Gasteiger partial charge < -0.3 is 5.32 Å². The third-order valence-electron chi connectivity index (χ3n) is 3.73. The summed E-state index contributed by atoms with van der Waals surface area (Å²) in [6.07, 6.45) is 0.735. The zero-order valence-electron chi connectivity index (χ0n) is 11.2. The van der Waals surface area contributed by atoms with Crippen molar-refractivity contribution >= 4 is 9.84 Å². The number of rotatable bonds is 4. The van der Waals surface area contributed by atoms with Crippen LogP contribution in [0.3, 0.4) is 0 Å². The van der Waals surface area contributed by atoms with E-state index in [1.54, 1.807) is 0 Å². The molecule has 0 aromatic carbocycles. The Kier molecular flexibility index (Phi) is 3.77. The molecule has 1 aromatic rings. The molecule has 1 saturated heterocycles. The summed E-state index contributed by atoms with van der Waals surface area (Å²) in [6.45, 7) is 7.70. The van der Waals surface area contributed by atoms with Crippen molar-refractivity contribution in [1.29, 1.82) is 0 Å². The SMILES string of the molecule is Cc1nn(CCNC2CCS(=O)(=O)C2)c(C)c1C. The van der Waals surface area contributed by atoms with Crippen LogP contribution in [-0.4, -0.2) is 42.3 Å². The van der Waals surface area contributed by atoms with Crippen LogP contribution in [0.25, 0.3) is 0 Å². The molecule has 1 atom stereocenters. The van der Waals surface area contributed by atoms with Crippen LogP contribution in [0.5, 0.6) is 0 Å². The molecule has 1 aromatic heterocycles. The molecule has 1 unspecified atom stereocenters. The summed E-state index contributed by atoms with van der Waals surface area (Å²) in [5.41, 5.74) is 3.49. The normalized spacial score (nSPS) is 22.5. The summed E-state index contributed by atoms with van der Waals surface area (Å²) in [4.78, 5) is 0. The van der Waals surface area contributed by atoms with E-state index in [1.165, 1.54) is 11.3 Å². The van der Waals surface area contributed by atoms with Gasteiger partial charge in [0.05, 0.1) is 23.7 Å². The van der Waals surface area contributed by atoms with Crippen LogP contribution in [0.4, 0.5) is 0 Å². The largest absolute Gasteiger partial charge is 0.311 e. The summed E-state index contributed by atoms with van der Waals surface area (Å²) in [5, 5.41) is 7.76. The molecule has 1 aliphatic rings. The van der Waals surface area contributed by atoms with Crippen LogP contribution in [0.15, 0.2) is 0 Å². The lowest BCUT2D eigenvalue weighted by atomic mass is 10.2. The Morgan fingerprint density at radius 1 is 1.39 bits per heavy atom. The zero-order valence-corrected chi connectivity index (χ0v) is 12.0. The fourth-order valence-electron chi connectivity index (χ4n) is 2.33. The predicted octanol–water partition coefficient (Wildman–Crippen LogP) is 0.585. The molecule has 0 spiro atoms. The number of hydrogen-bond donors (Lipinski definition) is 1. The zero-order chi connectivity index (χ0) is 13.3. The Morgan fingerprint density at radius 3 is 2.61 bits per heavy atom. The van der Waals surface area contributed by atoms with Gasteiger partial charge in [0.1, 0.15) is 0 Å². The average molecular weight is 271 g/mol. The number of hydrogen-bond acceptors (Lipinski definition) is 4. The molecule has 0 amide bonds. The number of nitrogens with zero attached hydrogens (tertiary/aromatic N) is 2. The van der Waals surface area contributed by atoms with E-state index in [9.17, 15) is 8.42 Å². The Morgan fingerprint density at radius 2 is 2.11 bits per heavy atom. The first-order chi connectivity index (χ1) is 8.39. The molecule has 6 heteroatoms. The van der Waals surface area contributed by atoms with Crippen LogP contribution in [0, 0.1) is 20.8 Å². The smallest absolute Gasteiger partial charge is 0.151 e. The highest BCUT2D eigenvalue weighted by atomic mass is 32.2. The van der Waals surface area contributed by atoms with E-state index in [2.05, 4.69) is 24.3 Å². The van der Waals surface area contributed by atoms with Crippen LogP contribution >= 0.6 is 0 Å². The maximum absolute atomic E-state index is 11.3. The number of nitrogens with one attached hydrogen (secondary N) is 1. The standard InChI is InChI=1S/C12H21N3O2S/c1-9-10(2)14-15(11(9)3)6-5-13-12-4-7-18(16,17)8-12/h12-13H,4-8H2,1-3H3. The summed E-state index contributed by atoms with van der Waals surface area (Å²) >= 11 is 0. The minimum absolute atomic E-state index is 0.119. The second kappa shape index (κ2) is 5.01. The summed E-state index contributed by atoms with van der Waals surface area (Å²) < 4.78 is 24.6. The van der Waals surface area contributed by atoms with Gasteiger partial charge in [0.2, 0.25) is 0 Å². The van der Waals surface area contributed by atoms with E-state index < -0.39 is 9.84 Å². The molecular formula is C12H21N3O2S. The first kappa shape index (κ1) is 13.5. The Bertz CT molecular complexity index is 534. The summed E-state index contributed by atoms with van der Waals surface area (Å²) in [7, 11) is -2.79. The predicted molar refractivity (Wildman–Crippen MR) is 71.5 cm³/mol. The van der Waals surface area contributed by atoms with Crippen molar-refractivity contribution in [3.63, 3.8) is 0 Å². The first-order valence-corrected chi connectivity index (χ1v) is 8.15. The van der Waals surface area contributed by atoms with Crippen LogP contribution in [0.1, 0.15) is 23.4 Å². The Hall–Kier alpha value is -0.880. The highest BCUT2D eigenvalue weighted by Crippen LogP contribution is 2.12. The quantitative estimate of drug-likeness (QED) is 0.870. The van der Waals surface area contributed by atoms with E-state index >= 15 is 0 Å². The van der Waals surface area contributed by atoms with Gasteiger partial charge >= 0.3 is 0 Å². The summed E-state index contributed by atoms with van der Waals surface area (Å²) in [5.74, 6) is 0.604. The lowest BCUT2D eigenvalue weighted by Crippen LogP contribution is -2.33. The minimum Gasteiger partial charge on any atom is -0.311 e. The molecule has 1 aliphatic heterocycles. The van der Waals surface area contributed by atoms with Gasteiger partial charge in [0.25, 0.3) is 0 Å². The lowest BCUT2D eigenvalue weighted by Gasteiger charge is -2.11. The average Bonchev–Trinajstić information content (AvgIpc) is 2.75. The van der Waals surface area contributed by atoms with Crippen molar-refractivity contribution in [1.82, 2.24) is 15.1 Å². The maximum Gasteiger partial charge on any atom is 0.151 e. The van der Waals surface area contributed by atoms with Crippen LogP contribution in [0.2, 0.25) is 0 Å². The second-order valence-electron chi connectivity index (χ2n) is 5.07. The van der Waals surface area contributed by atoms with Crippen molar-refractivity contribution < 1.29 is 8.42 Å². The van der Waals surface area contributed by atoms with Gasteiger partial charge in [-0.1, -0.05) is 0 Å². The molecule has 2 heterocycles. The molecule has 1 fully saturated rings. The van der Waals surface area contributed by atoms with Crippen molar-refractivity contribution in [2.45, 2.75) is 39.8 Å². The third-order valence-corrected chi connectivity index (χ3v) is 5.50. The molecule has 0 aliphatic carbocycles. The van der Waals surface area contributed by atoms with Crippen molar-refractivity contribution in [2.24, 2.45) is 0 Å². The summed E-state index contributed by atoms with van der Waals surface area (Å²) in [6, 6.07) is 0.119. The molecule has 0 radical (unpaired) electrons. The van der Waals surface area contributed by atoms with Crippen LogP contribution < -0.4 is 5.32 Å². The fourth-order valence-corrected chi connectivity index (χ4v) is 4.04. The molecule has 0 saturated carbocycles. The maximum atomic E-state index is 11.3. The van der Waals surface area contributed by atoms with E-state index in [0.29, 0.717) is 5.75 Å². The first-order valence-electron chi connectivity index (χ1n) is 6.33. The minimum atomic E-state index is -2.79. The van der Waals surface area contributed by atoms with Gasteiger partial charge in [-0.3, -0.25) is 4.68 Å². The third kappa shape index (κ3) is 2.92. The topological polar surface area (TPSA) is 64.0 Å². The number of aromatic nitrogens is 2. The molecule has 18 heavy (non-hydrogen) atoms. The van der Waals surface area contributed by atoms with Crippen molar-refractivity contribution in [3.8, 4) is 0 Å². The highest BCUT2D eigenvalue weighted by Gasteiger charge is 2.27. The van der Waals surface area contributed by atoms with Crippen molar-refractivity contribution in [3.05, 3.63) is 17.0 Å². The monoisotopic (exact) mass is 271 g/mol. The Labute approximate surface area is 108 Å². The van der Waals surface area contributed by atoms with Gasteiger partial charge in [-0.15, -0.1) is 0 Å². The van der Waals surface area contributed by atoms with Gasteiger partial charge in [0.15, 0.2) is 9.84 Å². The Balaban J connectivity index is 1.84. The molecule has 2 rings (SSSR count). The molecule has 0 bridgehead atoms. The van der Waals surface area contributed by atoms with E-state index in [-0.39, 0.29) is 11.8 Å². The number of sulfone groups is 1. The van der Waals surface area contributed by atoms with Crippen molar-refractivity contribution in [2.75, 3.05) is 18.1 Å². The van der Waals surface area contributed by atoms with Gasteiger partial charge in [-0.05, 0) is 32.8 Å². The fraction of sp³-hybridized carbons (Fsp3) is 0.750. The molecule has 5 nitrogen and oxygen atoms in total.